The maximum absolute atomic E-state index is 12.8. The van der Waals surface area contributed by atoms with Gasteiger partial charge in [0.2, 0.25) is 0 Å². The van der Waals surface area contributed by atoms with Crippen molar-refractivity contribution >= 4 is 11.9 Å². The Kier molecular flexibility index (Phi) is 5.15. The molecular formula is C18H25N3O4. The highest BCUT2D eigenvalue weighted by Crippen LogP contribution is 2.34. The number of aromatic amines is 1. The number of carbonyl (C=O) groups is 2. The lowest BCUT2D eigenvalue weighted by Crippen LogP contribution is -2.50. The number of nitrogens with one attached hydrogen (secondary N) is 1. The second-order valence-electron chi connectivity index (χ2n) is 7.64. The summed E-state index contributed by atoms with van der Waals surface area (Å²) in [6.45, 7) is 9.95. The first-order valence-electron chi connectivity index (χ1n) is 8.34. The number of H-pyrrole nitrogens is 1. The third-order valence-corrected chi connectivity index (χ3v) is 4.62. The summed E-state index contributed by atoms with van der Waals surface area (Å²) in [5, 5.41) is 9.63. The summed E-state index contributed by atoms with van der Waals surface area (Å²) in [5.74, 6) is -1.34. The van der Waals surface area contributed by atoms with Gasteiger partial charge >= 0.3 is 11.7 Å². The third kappa shape index (κ3) is 3.97. The summed E-state index contributed by atoms with van der Waals surface area (Å²) in [6.07, 6.45) is 2.95. The standard InChI is InChI=1S/C18H25N3O4/c1-5-7-18(15(23)24)8-6-9-21(11-18)14(22)12-10-13(17(2,3)4)20-16(25)19-12/h5,10H,1,6-9,11H2,2-4H3,(H,23,24)(H,19,20,25)/t18-/m1/s1. The Morgan fingerprint density at radius 2 is 2.16 bits per heavy atom. The van der Waals surface area contributed by atoms with E-state index in [4.69, 9.17) is 0 Å². The number of piperidine rings is 1. The molecule has 136 valence electrons. The zero-order valence-corrected chi connectivity index (χ0v) is 15.0. The van der Waals surface area contributed by atoms with Crippen LogP contribution in [0.3, 0.4) is 0 Å². The first-order chi connectivity index (χ1) is 11.6. The van der Waals surface area contributed by atoms with Crippen molar-refractivity contribution in [3.05, 3.63) is 40.6 Å². The van der Waals surface area contributed by atoms with E-state index in [0.717, 1.165) is 0 Å². The molecule has 0 aliphatic carbocycles. The number of rotatable bonds is 4. The summed E-state index contributed by atoms with van der Waals surface area (Å²) in [7, 11) is 0. The minimum Gasteiger partial charge on any atom is -0.481 e. The van der Waals surface area contributed by atoms with Crippen molar-refractivity contribution in [2.75, 3.05) is 13.1 Å². The van der Waals surface area contributed by atoms with Gasteiger partial charge in [0.05, 0.1) is 5.41 Å². The van der Waals surface area contributed by atoms with Crippen LogP contribution in [0.1, 0.15) is 56.2 Å². The van der Waals surface area contributed by atoms with Gasteiger partial charge in [0.15, 0.2) is 0 Å². The summed E-state index contributed by atoms with van der Waals surface area (Å²) < 4.78 is 0. The summed E-state index contributed by atoms with van der Waals surface area (Å²) in [4.78, 5) is 44.4. The van der Waals surface area contributed by atoms with Crippen molar-refractivity contribution in [2.45, 2.75) is 45.4 Å². The van der Waals surface area contributed by atoms with Gasteiger partial charge in [0.1, 0.15) is 5.69 Å². The number of aliphatic carboxylic acids is 1. The molecule has 0 unspecified atom stereocenters. The van der Waals surface area contributed by atoms with Crippen LogP contribution < -0.4 is 5.69 Å². The molecule has 0 saturated carbocycles. The fourth-order valence-corrected chi connectivity index (χ4v) is 3.14. The van der Waals surface area contributed by atoms with E-state index in [9.17, 15) is 19.5 Å². The third-order valence-electron chi connectivity index (χ3n) is 4.62. The molecular weight excluding hydrogens is 322 g/mol. The molecule has 1 aliphatic heterocycles. The van der Waals surface area contributed by atoms with Crippen LogP contribution in [-0.2, 0) is 10.2 Å². The Bertz CT molecular complexity index is 747. The predicted molar refractivity (Wildman–Crippen MR) is 93.6 cm³/mol. The predicted octanol–water partition coefficient (Wildman–Crippen LogP) is 1.95. The van der Waals surface area contributed by atoms with E-state index in [2.05, 4.69) is 16.5 Å². The molecule has 2 rings (SSSR count). The van der Waals surface area contributed by atoms with Crippen LogP contribution in [0.4, 0.5) is 0 Å². The number of carboxylic acids is 1. The molecule has 1 aromatic rings. The molecule has 1 aromatic heterocycles. The Balaban J connectivity index is 2.34. The van der Waals surface area contributed by atoms with Gasteiger partial charge in [-0.1, -0.05) is 26.8 Å². The highest BCUT2D eigenvalue weighted by atomic mass is 16.4. The van der Waals surface area contributed by atoms with E-state index in [-0.39, 0.29) is 17.7 Å². The van der Waals surface area contributed by atoms with E-state index in [1.807, 2.05) is 20.8 Å². The van der Waals surface area contributed by atoms with E-state index in [1.165, 1.54) is 4.90 Å². The van der Waals surface area contributed by atoms with Gasteiger partial charge in [-0.3, -0.25) is 9.59 Å². The second-order valence-corrected chi connectivity index (χ2v) is 7.64. The number of carboxylic acid groups (broad SMARTS) is 1. The first kappa shape index (κ1) is 18.9. The van der Waals surface area contributed by atoms with Gasteiger partial charge < -0.3 is 15.0 Å². The van der Waals surface area contributed by atoms with E-state index in [0.29, 0.717) is 31.5 Å². The number of likely N-dealkylation sites (tertiary alicyclic amines) is 1. The SMILES string of the molecule is C=CC[C@@]1(C(=O)O)CCCN(C(=O)c2cc(C(C)(C)C)[nH]c(=O)n2)C1. The second kappa shape index (κ2) is 6.82. The van der Waals surface area contributed by atoms with E-state index >= 15 is 0 Å². The number of nitrogens with zero attached hydrogens (tertiary/aromatic N) is 2. The summed E-state index contributed by atoms with van der Waals surface area (Å²) >= 11 is 0. The van der Waals surface area contributed by atoms with Crippen molar-refractivity contribution in [1.82, 2.24) is 14.9 Å². The van der Waals surface area contributed by atoms with Gasteiger partial charge in [-0.05, 0) is 25.3 Å². The van der Waals surface area contributed by atoms with Crippen LogP contribution in [0.5, 0.6) is 0 Å². The van der Waals surface area contributed by atoms with Crippen LogP contribution in [0.2, 0.25) is 0 Å². The molecule has 7 heteroatoms. The molecule has 1 amide bonds. The Labute approximate surface area is 146 Å². The Hall–Kier alpha value is -2.44. The van der Waals surface area contributed by atoms with Gasteiger partial charge in [0.25, 0.3) is 5.91 Å². The lowest BCUT2D eigenvalue weighted by atomic mass is 9.77. The molecule has 2 N–H and O–H groups in total. The normalized spacial score (nSPS) is 21.0. The van der Waals surface area contributed by atoms with Crippen LogP contribution in [0, 0.1) is 5.41 Å². The van der Waals surface area contributed by atoms with Crippen molar-refractivity contribution < 1.29 is 14.7 Å². The van der Waals surface area contributed by atoms with E-state index in [1.54, 1.807) is 12.1 Å². The van der Waals surface area contributed by atoms with Gasteiger partial charge in [-0.2, -0.15) is 4.98 Å². The molecule has 1 fully saturated rings. The number of hydrogen-bond acceptors (Lipinski definition) is 4. The molecule has 0 spiro atoms. The van der Waals surface area contributed by atoms with Crippen LogP contribution in [0.25, 0.3) is 0 Å². The average Bonchev–Trinajstić information content (AvgIpc) is 2.53. The molecule has 1 atom stereocenters. The summed E-state index contributed by atoms with van der Waals surface area (Å²) in [6, 6.07) is 1.58. The minimum absolute atomic E-state index is 0.0495. The quantitative estimate of drug-likeness (QED) is 0.810. The van der Waals surface area contributed by atoms with Crippen molar-refractivity contribution in [3.8, 4) is 0 Å². The average molecular weight is 347 g/mol. The maximum atomic E-state index is 12.8. The van der Waals surface area contributed by atoms with Crippen molar-refractivity contribution in [2.24, 2.45) is 5.41 Å². The first-order valence-corrected chi connectivity index (χ1v) is 8.34. The van der Waals surface area contributed by atoms with Crippen molar-refractivity contribution in [3.63, 3.8) is 0 Å². The Morgan fingerprint density at radius 3 is 2.72 bits per heavy atom. The maximum Gasteiger partial charge on any atom is 0.345 e. The van der Waals surface area contributed by atoms with Crippen LogP contribution in [0.15, 0.2) is 23.5 Å². The van der Waals surface area contributed by atoms with Gasteiger partial charge in [-0.25, -0.2) is 4.79 Å². The Morgan fingerprint density at radius 1 is 1.48 bits per heavy atom. The summed E-state index contributed by atoms with van der Waals surface area (Å²) in [5.41, 5.74) is -1.28. The molecule has 0 radical (unpaired) electrons. The minimum atomic E-state index is -1.02. The largest absolute Gasteiger partial charge is 0.481 e. The van der Waals surface area contributed by atoms with Gasteiger partial charge in [-0.15, -0.1) is 6.58 Å². The fourth-order valence-electron chi connectivity index (χ4n) is 3.14. The molecule has 1 aliphatic rings. The zero-order chi connectivity index (χ0) is 18.8. The number of aromatic nitrogens is 2. The monoisotopic (exact) mass is 347 g/mol. The van der Waals surface area contributed by atoms with Gasteiger partial charge in [0, 0.05) is 24.2 Å². The molecule has 2 heterocycles. The number of allylic oxidation sites excluding steroid dienone is 1. The lowest BCUT2D eigenvalue weighted by Gasteiger charge is -2.39. The lowest BCUT2D eigenvalue weighted by molar-refractivity contribution is -0.151. The number of amides is 1. The smallest absolute Gasteiger partial charge is 0.345 e. The highest BCUT2D eigenvalue weighted by Gasteiger charge is 2.43. The molecule has 25 heavy (non-hydrogen) atoms. The highest BCUT2D eigenvalue weighted by molar-refractivity contribution is 5.93. The van der Waals surface area contributed by atoms with Crippen LogP contribution in [-0.4, -0.2) is 44.9 Å². The van der Waals surface area contributed by atoms with Crippen molar-refractivity contribution in [1.29, 1.82) is 0 Å². The molecule has 1 saturated heterocycles. The number of hydrogen-bond donors (Lipinski definition) is 2. The zero-order valence-electron chi connectivity index (χ0n) is 15.0. The molecule has 0 aromatic carbocycles. The fraction of sp³-hybridized carbons (Fsp3) is 0.556. The van der Waals surface area contributed by atoms with E-state index < -0.39 is 23.0 Å². The van der Waals surface area contributed by atoms with Crippen LogP contribution >= 0.6 is 0 Å². The topological polar surface area (TPSA) is 103 Å². The molecule has 7 nitrogen and oxygen atoms in total. The molecule has 0 bridgehead atoms. The number of carbonyl (C=O) groups excluding carboxylic acids is 1.